The van der Waals surface area contributed by atoms with Gasteiger partial charge in [-0.1, -0.05) is 11.6 Å². The van der Waals surface area contributed by atoms with Crippen LogP contribution in [-0.2, 0) is 6.54 Å². The lowest BCUT2D eigenvalue weighted by atomic mass is 10.2. The summed E-state index contributed by atoms with van der Waals surface area (Å²) >= 11 is 5.74. The number of nitrogens with zero attached hydrogens (tertiary/aromatic N) is 2. The number of halogens is 2. The van der Waals surface area contributed by atoms with Gasteiger partial charge in [0, 0.05) is 16.7 Å². The van der Waals surface area contributed by atoms with Crippen LogP contribution in [0.25, 0.3) is 0 Å². The van der Waals surface area contributed by atoms with Crippen LogP contribution in [0.5, 0.6) is 0 Å². The van der Waals surface area contributed by atoms with E-state index in [1.807, 2.05) is 0 Å². The van der Waals surface area contributed by atoms with Crippen LogP contribution in [0.3, 0.4) is 0 Å². The molecular formula is C12H8ClFN2O3. The summed E-state index contributed by atoms with van der Waals surface area (Å²) in [5, 5.41) is 12.7. The third-order valence-electron chi connectivity index (χ3n) is 2.41. The van der Waals surface area contributed by atoms with Crippen LogP contribution in [0.2, 0.25) is 5.02 Å². The Morgan fingerprint density at radius 1 is 1.37 bits per heavy atom. The maximum Gasteiger partial charge on any atom is 0.356 e. The van der Waals surface area contributed by atoms with E-state index in [4.69, 9.17) is 16.7 Å². The summed E-state index contributed by atoms with van der Waals surface area (Å²) in [6, 6.07) is 6.07. The Morgan fingerprint density at radius 2 is 2.11 bits per heavy atom. The van der Waals surface area contributed by atoms with E-state index in [0.29, 0.717) is 5.02 Å². The zero-order valence-corrected chi connectivity index (χ0v) is 10.3. The standard InChI is InChI=1S/C12H8ClFN2O3/c13-8-1-2-9(14)7(5-8)6-16-11(17)4-3-10(15-16)12(18)19/h1-5H,6H2,(H,18,19). The monoisotopic (exact) mass is 282 g/mol. The van der Waals surface area contributed by atoms with E-state index in [0.717, 1.165) is 16.8 Å². The number of benzene rings is 1. The Hall–Kier alpha value is -2.21. The average Bonchev–Trinajstić information content (AvgIpc) is 2.36. The molecule has 7 heteroatoms. The van der Waals surface area contributed by atoms with Crippen molar-refractivity contribution in [3.63, 3.8) is 0 Å². The molecule has 1 aromatic carbocycles. The van der Waals surface area contributed by atoms with Crippen molar-refractivity contribution in [3.8, 4) is 0 Å². The first-order valence-corrected chi connectivity index (χ1v) is 5.60. The van der Waals surface area contributed by atoms with Crippen LogP contribution in [0, 0.1) is 5.82 Å². The lowest BCUT2D eigenvalue weighted by Gasteiger charge is -2.06. The zero-order chi connectivity index (χ0) is 14.0. The van der Waals surface area contributed by atoms with Crippen LogP contribution in [0.1, 0.15) is 16.1 Å². The Bertz CT molecular complexity index is 700. The molecule has 19 heavy (non-hydrogen) atoms. The quantitative estimate of drug-likeness (QED) is 0.931. The van der Waals surface area contributed by atoms with Crippen molar-refractivity contribution < 1.29 is 14.3 Å². The summed E-state index contributed by atoms with van der Waals surface area (Å²) in [5.74, 6) is -1.81. The van der Waals surface area contributed by atoms with Gasteiger partial charge in [-0.2, -0.15) is 5.10 Å². The molecule has 0 fully saturated rings. The lowest BCUT2D eigenvalue weighted by molar-refractivity contribution is 0.0687. The molecular weight excluding hydrogens is 275 g/mol. The van der Waals surface area contributed by atoms with Crippen LogP contribution >= 0.6 is 11.6 Å². The van der Waals surface area contributed by atoms with Gasteiger partial charge in [-0.05, 0) is 24.3 Å². The Balaban J connectivity index is 2.43. The van der Waals surface area contributed by atoms with Gasteiger partial charge in [0.15, 0.2) is 5.69 Å². The number of carbonyl (C=O) groups is 1. The Morgan fingerprint density at radius 3 is 2.79 bits per heavy atom. The van der Waals surface area contributed by atoms with Gasteiger partial charge in [0.05, 0.1) is 6.54 Å². The number of rotatable bonds is 3. The summed E-state index contributed by atoms with van der Waals surface area (Å²) in [6.07, 6.45) is 0. The average molecular weight is 283 g/mol. The van der Waals surface area contributed by atoms with Crippen molar-refractivity contribution in [1.29, 1.82) is 0 Å². The van der Waals surface area contributed by atoms with Crippen molar-refractivity contribution in [2.75, 3.05) is 0 Å². The van der Waals surface area contributed by atoms with Crippen molar-refractivity contribution >= 4 is 17.6 Å². The predicted molar refractivity (Wildman–Crippen MR) is 66.0 cm³/mol. The molecule has 0 aliphatic heterocycles. The highest BCUT2D eigenvalue weighted by atomic mass is 35.5. The maximum absolute atomic E-state index is 13.5. The van der Waals surface area contributed by atoms with E-state index in [1.165, 1.54) is 18.2 Å². The molecule has 0 aliphatic rings. The number of aromatic nitrogens is 2. The van der Waals surface area contributed by atoms with Crippen molar-refractivity contribution in [2.24, 2.45) is 0 Å². The SMILES string of the molecule is O=C(O)c1ccc(=O)n(Cc2cc(Cl)ccc2F)n1. The highest BCUT2D eigenvalue weighted by Gasteiger charge is 2.10. The molecule has 0 saturated carbocycles. The van der Waals surface area contributed by atoms with Gasteiger partial charge in [0.2, 0.25) is 0 Å². The van der Waals surface area contributed by atoms with Crippen LogP contribution in [0.15, 0.2) is 35.1 Å². The third-order valence-corrected chi connectivity index (χ3v) is 2.65. The lowest BCUT2D eigenvalue weighted by Crippen LogP contribution is -2.25. The second-order valence-corrected chi connectivity index (χ2v) is 4.19. The number of hydrogen-bond donors (Lipinski definition) is 1. The van der Waals surface area contributed by atoms with E-state index in [2.05, 4.69) is 5.10 Å². The van der Waals surface area contributed by atoms with E-state index in [-0.39, 0.29) is 17.8 Å². The summed E-state index contributed by atoms with van der Waals surface area (Å²) in [5.41, 5.74) is -0.656. The second-order valence-electron chi connectivity index (χ2n) is 3.76. The number of hydrogen-bond acceptors (Lipinski definition) is 3. The molecule has 0 amide bonds. The first-order valence-electron chi connectivity index (χ1n) is 5.23. The van der Waals surface area contributed by atoms with E-state index >= 15 is 0 Å². The van der Waals surface area contributed by atoms with Gasteiger partial charge in [-0.15, -0.1) is 0 Å². The number of carboxylic acid groups (broad SMARTS) is 1. The predicted octanol–water partition coefficient (Wildman–Crippen LogP) is 1.78. The fourth-order valence-corrected chi connectivity index (χ4v) is 1.70. The van der Waals surface area contributed by atoms with E-state index in [9.17, 15) is 14.0 Å². The summed E-state index contributed by atoms with van der Waals surface area (Å²) in [6.45, 7) is -0.188. The number of carboxylic acids is 1. The molecule has 2 rings (SSSR count). The van der Waals surface area contributed by atoms with Crippen LogP contribution in [0.4, 0.5) is 4.39 Å². The van der Waals surface area contributed by atoms with E-state index in [1.54, 1.807) is 0 Å². The molecule has 98 valence electrons. The minimum absolute atomic E-state index is 0.157. The largest absolute Gasteiger partial charge is 0.476 e. The van der Waals surface area contributed by atoms with Crippen LogP contribution in [-0.4, -0.2) is 20.9 Å². The smallest absolute Gasteiger partial charge is 0.356 e. The molecule has 0 unspecified atom stereocenters. The zero-order valence-electron chi connectivity index (χ0n) is 9.51. The highest BCUT2D eigenvalue weighted by Crippen LogP contribution is 2.15. The molecule has 0 radical (unpaired) electrons. The molecule has 2 aromatic rings. The molecule has 1 aromatic heterocycles. The fraction of sp³-hybridized carbons (Fsp3) is 0.0833. The summed E-state index contributed by atoms with van der Waals surface area (Å²) in [7, 11) is 0. The minimum Gasteiger partial charge on any atom is -0.476 e. The fourth-order valence-electron chi connectivity index (χ4n) is 1.50. The molecule has 0 saturated heterocycles. The van der Waals surface area contributed by atoms with Gasteiger partial charge < -0.3 is 5.11 Å². The molecule has 5 nitrogen and oxygen atoms in total. The first kappa shape index (κ1) is 13.2. The third kappa shape index (κ3) is 2.97. The second kappa shape index (κ2) is 5.19. The Kier molecular flexibility index (Phi) is 3.62. The topological polar surface area (TPSA) is 72.2 Å². The summed E-state index contributed by atoms with van der Waals surface area (Å²) < 4.78 is 14.4. The molecule has 0 bridgehead atoms. The molecule has 1 N–H and O–H groups in total. The first-order chi connectivity index (χ1) is 8.97. The van der Waals surface area contributed by atoms with Crippen LogP contribution < -0.4 is 5.56 Å². The maximum atomic E-state index is 13.5. The van der Waals surface area contributed by atoms with Crippen molar-refractivity contribution in [3.05, 3.63) is 62.8 Å². The normalized spacial score (nSPS) is 10.4. The van der Waals surface area contributed by atoms with Gasteiger partial charge in [0.1, 0.15) is 5.82 Å². The van der Waals surface area contributed by atoms with Crippen molar-refractivity contribution in [1.82, 2.24) is 9.78 Å². The molecule has 0 atom stereocenters. The van der Waals surface area contributed by atoms with E-state index < -0.39 is 17.3 Å². The van der Waals surface area contributed by atoms with Gasteiger partial charge in [-0.3, -0.25) is 4.79 Å². The highest BCUT2D eigenvalue weighted by molar-refractivity contribution is 6.30. The van der Waals surface area contributed by atoms with Crippen molar-refractivity contribution in [2.45, 2.75) is 6.54 Å². The van der Waals surface area contributed by atoms with Gasteiger partial charge >= 0.3 is 5.97 Å². The Labute approximate surface area is 111 Å². The van der Waals surface area contributed by atoms with Gasteiger partial charge in [-0.25, -0.2) is 13.9 Å². The molecule has 0 aliphatic carbocycles. The summed E-state index contributed by atoms with van der Waals surface area (Å²) in [4.78, 5) is 22.3. The minimum atomic E-state index is -1.26. The molecule has 0 spiro atoms. The number of aromatic carboxylic acids is 1. The molecule has 1 heterocycles. The van der Waals surface area contributed by atoms with Gasteiger partial charge in [0.25, 0.3) is 5.56 Å².